The summed E-state index contributed by atoms with van der Waals surface area (Å²) in [6.45, 7) is 4.41. The third-order valence-corrected chi connectivity index (χ3v) is 4.38. The topological polar surface area (TPSA) is 81.2 Å². The molecule has 2 aromatic carbocycles. The van der Waals surface area contributed by atoms with Crippen molar-refractivity contribution in [3.63, 3.8) is 0 Å². The normalized spacial score (nSPS) is 10.3. The third kappa shape index (κ3) is 3.42. The molecule has 0 radical (unpaired) electrons. The van der Waals surface area contributed by atoms with E-state index in [2.05, 4.69) is 11.1 Å². The smallest absolute Gasteiger partial charge is 0.161 e. The van der Waals surface area contributed by atoms with E-state index in [9.17, 15) is 5.26 Å². The number of nitrogens with zero attached hydrogens (tertiary/aromatic N) is 2. The summed E-state index contributed by atoms with van der Waals surface area (Å²) in [7, 11) is 1.59. The molecule has 0 saturated carbocycles. The number of anilines is 1. The zero-order valence-electron chi connectivity index (χ0n) is 15.6. The fourth-order valence-corrected chi connectivity index (χ4v) is 3.14. The zero-order valence-corrected chi connectivity index (χ0v) is 15.6. The Labute approximate surface area is 159 Å². The van der Waals surface area contributed by atoms with Crippen molar-refractivity contribution >= 4 is 5.82 Å². The van der Waals surface area contributed by atoms with Gasteiger partial charge in [0.2, 0.25) is 0 Å². The molecule has 0 atom stereocenters. The molecule has 2 N–H and O–H groups in total. The Bertz CT molecular complexity index is 1010. The van der Waals surface area contributed by atoms with Crippen LogP contribution in [0.4, 0.5) is 5.82 Å². The largest absolute Gasteiger partial charge is 0.493 e. The summed E-state index contributed by atoms with van der Waals surface area (Å²) in [6.07, 6.45) is 0. The van der Waals surface area contributed by atoms with E-state index < -0.39 is 0 Å². The number of aromatic nitrogens is 1. The minimum absolute atomic E-state index is 0.213. The first-order valence-corrected chi connectivity index (χ1v) is 8.67. The van der Waals surface area contributed by atoms with E-state index in [-0.39, 0.29) is 5.82 Å². The van der Waals surface area contributed by atoms with Crippen LogP contribution >= 0.6 is 0 Å². The summed E-state index contributed by atoms with van der Waals surface area (Å²) in [4.78, 5) is 4.49. The highest BCUT2D eigenvalue weighted by atomic mass is 16.5. The lowest BCUT2D eigenvalue weighted by atomic mass is 9.92. The van der Waals surface area contributed by atoms with Crippen molar-refractivity contribution in [1.29, 1.82) is 5.26 Å². The molecular formula is C22H21N3O2. The summed E-state index contributed by atoms with van der Waals surface area (Å²) in [5.41, 5.74) is 10.7. The molecule has 1 aromatic heterocycles. The Morgan fingerprint density at radius 2 is 1.81 bits per heavy atom. The summed E-state index contributed by atoms with van der Waals surface area (Å²) < 4.78 is 11.1. The number of hydrogen-bond acceptors (Lipinski definition) is 5. The van der Waals surface area contributed by atoms with E-state index in [0.717, 1.165) is 27.9 Å². The minimum Gasteiger partial charge on any atom is -0.493 e. The van der Waals surface area contributed by atoms with Crippen LogP contribution in [0.3, 0.4) is 0 Å². The van der Waals surface area contributed by atoms with Gasteiger partial charge in [0.1, 0.15) is 17.5 Å². The van der Waals surface area contributed by atoms with Gasteiger partial charge in [-0.05, 0) is 37.1 Å². The van der Waals surface area contributed by atoms with Crippen molar-refractivity contribution in [2.24, 2.45) is 0 Å². The second-order valence-electron chi connectivity index (χ2n) is 6.00. The number of nitriles is 1. The van der Waals surface area contributed by atoms with Crippen molar-refractivity contribution < 1.29 is 9.47 Å². The number of ether oxygens (including phenoxy) is 2. The van der Waals surface area contributed by atoms with Crippen LogP contribution in [-0.2, 0) is 0 Å². The van der Waals surface area contributed by atoms with Gasteiger partial charge in [-0.3, -0.25) is 0 Å². The molecule has 0 fully saturated rings. The van der Waals surface area contributed by atoms with Crippen LogP contribution in [0.1, 0.15) is 18.1 Å². The van der Waals surface area contributed by atoms with Crippen molar-refractivity contribution in [3.05, 3.63) is 59.7 Å². The van der Waals surface area contributed by atoms with Crippen molar-refractivity contribution in [2.45, 2.75) is 13.8 Å². The second-order valence-corrected chi connectivity index (χ2v) is 6.00. The summed E-state index contributed by atoms with van der Waals surface area (Å²) in [6, 6.07) is 17.6. The van der Waals surface area contributed by atoms with E-state index in [0.29, 0.717) is 23.7 Å². The molecule has 0 aliphatic rings. The van der Waals surface area contributed by atoms with Crippen LogP contribution < -0.4 is 15.2 Å². The van der Waals surface area contributed by atoms with Gasteiger partial charge in [-0.1, -0.05) is 36.4 Å². The van der Waals surface area contributed by atoms with Crippen LogP contribution in [0, 0.1) is 18.3 Å². The monoisotopic (exact) mass is 359 g/mol. The maximum atomic E-state index is 9.69. The standard InChI is InChI=1S/C22H21N3O2/c1-4-27-18-11-10-16(12-19(18)26-3)20-14(2)21(15-8-6-5-7-9-15)25-22(24)17(20)13-23/h5-12H,4H2,1-3H3,(H2,24,25). The summed E-state index contributed by atoms with van der Waals surface area (Å²) in [5.74, 6) is 1.48. The number of hydrogen-bond donors (Lipinski definition) is 1. The fraction of sp³-hybridized carbons (Fsp3) is 0.182. The molecule has 0 spiro atoms. The second kappa shape index (κ2) is 7.79. The molecule has 136 valence electrons. The van der Waals surface area contributed by atoms with Crippen LogP contribution in [0.25, 0.3) is 22.4 Å². The number of rotatable bonds is 5. The first-order valence-electron chi connectivity index (χ1n) is 8.67. The maximum absolute atomic E-state index is 9.69. The van der Waals surface area contributed by atoms with Crippen LogP contribution in [0.2, 0.25) is 0 Å². The number of methoxy groups -OCH3 is 1. The van der Waals surface area contributed by atoms with Crippen molar-refractivity contribution in [2.75, 3.05) is 19.5 Å². The third-order valence-electron chi connectivity index (χ3n) is 4.38. The van der Waals surface area contributed by atoms with Crippen LogP contribution in [0.15, 0.2) is 48.5 Å². The molecule has 3 aromatic rings. The predicted molar refractivity (Wildman–Crippen MR) is 107 cm³/mol. The first kappa shape index (κ1) is 18.3. The SMILES string of the molecule is CCOc1ccc(-c2c(C)c(-c3ccccc3)nc(N)c2C#N)cc1OC. The quantitative estimate of drug-likeness (QED) is 0.721. The lowest BCUT2D eigenvalue weighted by molar-refractivity contribution is 0.311. The van der Waals surface area contributed by atoms with E-state index in [4.69, 9.17) is 15.2 Å². The Morgan fingerprint density at radius 3 is 2.44 bits per heavy atom. The average molecular weight is 359 g/mol. The molecular weight excluding hydrogens is 338 g/mol. The zero-order chi connectivity index (χ0) is 19.4. The van der Waals surface area contributed by atoms with Crippen LogP contribution in [0.5, 0.6) is 11.5 Å². The number of benzene rings is 2. The number of pyridine rings is 1. The predicted octanol–water partition coefficient (Wildman–Crippen LogP) is 4.59. The van der Waals surface area contributed by atoms with Gasteiger partial charge in [-0.2, -0.15) is 5.26 Å². The lowest BCUT2D eigenvalue weighted by Crippen LogP contribution is -2.03. The van der Waals surface area contributed by atoms with Gasteiger partial charge >= 0.3 is 0 Å². The van der Waals surface area contributed by atoms with E-state index in [1.54, 1.807) is 7.11 Å². The molecule has 5 nitrogen and oxygen atoms in total. The molecule has 27 heavy (non-hydrogen) atoms. The molecule has 0 bridgehead atoms. The lowest BCUT2D eigenvalue weighted by Gasteiger charge is -2.17. The Morgan fingerprint density at radius 1 is 1.07 bits per heavy atom. The van der Waals surface area contributed by atoms with Crippen molar-refractivity contribution in [1.82, 2.24) is 4.98 Å². The van der Waals surface area contributed by atoms with Gasteiger partial charge in [-0.25, -0.2) is 4.98 Å². The molecule has 5 heteroatoms. The number of nitrogen functional groups attached to an aromatic ring is 1. The van der Waals surface area contributed by atoms with E-state index in [1.807, 2.05) is 62.4 Å². The van der Waals surface area contributed by atoms with Gasteiger partial charge in [-0.15, -0.1) is 0 Å². The summed E-state index contributed by atoms with van der Waals surface area (Å²) >= 11 is 0. The summed E-state index contributed by atoms with van der Waals surface area (Å²) in [5, 5.41) is 9.69. The van der Waals surface area contributed by atoms with Gasteiger partial charge in [0.15, 0.2) is 11.5 Å². The van der Waals surface area contributed by atoms with Gasteiger partial charge in [0.05, 0.1) is 19.4 Å². The maximum Gasteiger partial charge on any atom is 0.161 e. The average Bonchev–Trinajstić information content (AvgIpc) is 2.70. The molecule has 3 rings (SSSR count). The molecule has 0 aliphatic heterocycles. The molecule has 0 amide bonds. The highest BCUT2D eigenvalue weighted by molar-refractivity contribution is 5.85. The fourth-order valence-electron chi connectivity index (χ4n) is 3.14. The van der Waals surface area contributed by atoms with Crippen LogP contribution in [-0.4, -0.2) is 18.7 Å². The van der Waals surface area contributed by atoms with E-state index >= 15 is 0 Å². The highest BCUT2D eigenvalue weighted by Crippen LogP contribution is 2.39. The Kier molecular flexibility index (Phi) is 5.28. The van der Waals surface area contributed by atoms with Gasteiger partial charge < -0.3 is 15.2 Å². The molecule has 0 aliphatic carbocycles. The minimum atomic E-state index is 0.213. The van der Waals surface area contributed by atoms with E-state index in [1.165, 1.54) is 0 Å². The van der Waals surface area contributed by atoms with Crippen molar-refractivity contribution in [3.8, 4) is 40.0 Å². The number of nitrogens with two attached hydrogens (primary N) is 1. The molecule has 1 heterocycles. The first-order chi connectivity index (χ1) is 13.1. The Hall–Kier alpha value is -3.52. The molecule has 0 saturated heterocycles. The molecule has 0 unspecified atom stereocenters. The highest BCUT2D eigenvalue weighted by Gasteiger charge is 2.19. The van der Waals surface area contributed by atoms with Gasteiger partial charge in [0, 0.05) is 11.1 Å². The Balaban J connectivity index is 2.26. The van der Waals surface area contributed by atoms with Gasteiger partial charge in [0.25, 0.3) is 0 Å².